The number of hydrogen-bond acceptors (Lipinski definition) is 3. The van der Waals surface area contributed by atoms with E-state index >= 15 is 0 Å². The van der Waals surface area contributed by atoms with Gasteiger partial charge in [0.25, 0.3) is 0 Å². The molecular weight excluding hydrogens is 769 g/mol. The highest BCUT2D eigenvalue weighted by Gasteiger charge is 2.17. The van der Waals surface area contributed by atoms with Crippen molar-refractivity contribution in [2.24, 2.45) is 0 Å². The van der Waals surface area contributed by atoms with E-state index in [0.29, 0.717) is 5.71 Å². The molecule has 0 bridgehead atoms. The predicted molar refractivity (Wildman–Crippen MR) is 260 cm³/mol. The third-order valence-electron chi connectivity index (χ3n) is 12.6. The van der Waals surface area contributed by atoms with Gasteiger partial charge in [0.1, 0.15) is 11.1 Å². The Hall–Kier alpha value is -8.54. The van der Waals surface area contributed by atoms with Gasteiger partial charge in [-0.1, -0.05) is 127 Å². The molecule has 0 atom stereocenters. The van der Waals surface area contributed by atoms with E-state index in [0.717, 1.165) is 66.9 Å². The molecule has 13 aromatic rings. The molecule has 5 nitrogen and oxygen atoms in total. The number of nitrogens with zero attached hydrogens (tertiary/aromatic N) is 4. The first-order valence-corrected chi connectivity index (χ1v) is 21.3. The predicted octanol–water partition coefficient (Wildman–Crippen LogP) is 15.2. The van der Waals surface area contributed by atoms with Crippen LogP contribution in [-0.2, 0) is 0 Å². The minimum absolute atomic E-state index is 0.527. The fourth-order valence-electron chi connectivity index (χ4n) is 9.61. The van der Waals surface area contributed by atoms with Crippen molar-refractivity contribution in [2.75, 3.05) is 0 Å². The quantitative estimate of drug-likeness (QED) is 0.168. The van der Waals surface area contributed by atoms with Crippen molar-refractivity contribution in [2.45, 2.75) is 0 Å². The van der Waals surface area contributed by atoms with E-state index in [4.69, 9.17) is 14.4 Å². The lowest BCUT2D eigenvalue weighted by molar-refractivity contribution is 0.653. The lowest BCUT2D eigenvalue weighted by Gasteiger charge is -2.09. The maximum Gasteiger partial charge on any atom is 0.246 e. The standard InChI is InChI=1S/C58H36N4O/c1-3-17-44(18-4-1)61-52-23-9-7-21-46(52)48-33-40(25-28-54(48)61)37-13-11-14-38(31-37)42-27-30-56-50(35-42)57-58(63-56)59-36-51(60-57)43-16-12-15-39(32-43)41-26-29-55-49(34-41)47-22-8-10-24-53(47)62(55)45-19-5-2-6-20-45/h1-36H. The summed E-state index contributed by atoms with van der Waals surface area (Å²) in [5, 5.41) is 5.86. The van der Waals surface area contributed by atoms with Gasteiger partial charge in [0.2, 0.25) is 5.71 Å². The van der Waals surface area contributed by atoms with Crippen LogP contribution in [0.1, 0.15) is 0 Å². The maximum atomic E-state index is 6.26. The molecule has 9 aromatic carbocycles. The van der Waals surface area contributed by atoms with Crippen LogP contribution >= 0.6 is 0 Å². The summed E-state index contributed by atoms with van der Waals surface area (Å²) >= 11 is 0. The second-order valence-corrected chi connectivity index (χ2v) is 16.2. The largest absolute Gasteiger partial charge is 0.436 e. The first kappa shape index (κ1) is 35.2. The van der Waals surface area contributed by atoms with Gasteiger partial charge in [0, 0.05) is 43.9 Å². The van der Waals surface area contributed by atoms with Gasteiger partial charge in [-0.05, 0) is 118 Å². The molecule has 0 saturated heterocycles. The first-order valence-electron chi connectivity index (χ1n) is 21.3. The lowest BCUT2D eigenvalue weighted by atomic mass is 9.97. The molecule has 0 radical (unpaired) electrons. The zero-order valence-electron chi connectivity index (χ0n) is 34.0. The summed E-state index contributed by atoms with van der Waals surface area (Å²) in [6.07, 6.45) is 1.82. The van der Waals surface area contributed by atoms with Gasteiger partial charge in [-0.15, -0.1) is 0 Å². The maximum absolute atomic E-state index is 6.26. The fraction of sp³-hybridized carbons (Fsp3) is 0. The van der Waals surface area contributed by atoms with Crippen LogP contribution in [0.25, 0.3) is 122 Å². The van der Waals surface area contributed by atoms with Crippen LogP contribution in [0.3, 0.4) is 0 Å². The summed E-state index contributed by atoms with van der Waals surface area (Å²) in [4.78, 5) is 10.0. The fourth-order valence-corrected chi connectivity index (χ4v) is 9.61. The number of para-hydroxylation sites is 4. The Balaban J connectivity index is 0.857. The molecule has 0 aliphatic rings. The SMILES string of the molecule is c1ccc(-n2c3ccccc3c3cc(-c4cccc(-c5ccc6oc7ncc(-c8cccc(-c9ccc%10c(c9)c9ccccc9n%10-c9ccccc9)c8)nc7c6c5)c4)ccc32)cc1. The Morgan fingerprint density at radius 2 is 0.778 bits per heavy atom. The molecule has 0 saturated carbocycles. The van der Waals surface area contributed by atoms with Gasteiger partial charge in [-0.3, -0.25) is 0 Å². The summed E-state index contributed by atoms with van der Waals surface area (Å²) in [6, 6.07) is 75.8. The third-order valence-corrected chi connectivity index (χ3v) is 12.6. The highest BCUT2D eigenvalue weighted by atomic mass is 16.3. The number of furan rings is 1. The van der Waals surface area contributed by atoms with Crippen LogP contribution in [0.5, 0.6) is 0 Å². The average Bonchev–Trinajstić information content (AvgIpc) is 4.01. The van der Waals surface area contributed by atoms with Crippen molar-refractivity contribution < 1.29 is 4.42 Å². The minimum atomic E-state index is 0.527. The third kappa shape index (κ3) is 5.71. The highest BCUT2D eigenvalue weighted by Crippen LogP contribution is 2.39. The van der Waals surface area contributed by atoms with Crippen LogP contribution < -0.4 is 0 Å². The average molecular weight is 805 g/mol. The van der Waals surface area contributed by atoms with Crippen molar-refractivity contribution in [1.29, 1.82) is 0 Å². The Kier molecular flexibility index (Phi) is 7.84. The number of hydrogen-bond donors (Lipinski definition) is 0. The molecule has 0 spiro atoms. The first-order chi connectivity index (χ1) is 31.2. The molecule has 294 valence electrons. The Morgan fingerprint density at radius 3 is 1.35 bits per heavy atom. The van der Waals surface area contributed by atoms with E-state index < -0.39 is 0 Å². The van der Waals surface area contributed by atoms with Gasteiger partial charge >= 0.3 is 0 Å². The minimum Gasteiger partial charge on any atom is -0.436 e. The highest BCUT2D eigenvalue weighted by molar-refractivity contribution is 6.12. The summed E-state index contributed by atoms with van der Waals surface area (Å²) in [5.41, 5.74) is 17.7. The second-order valence-electron chi connectivity index (χ2n) is 16.2. The van der Waals surface area contributed by atoms with Crippen molar-refractivity contribution in [3.05, 3.63) is 219 Å². The second kappa shape index (κ2) is 14.0. The van der Waals surface area contributed by atoms with E-state index in [1.165, 1.54) is 49.2 Å². The molecule has 0 unspecified atom stereocenters. The van der Waals surface area contributed by atoms with E-state index in [1.54, 1.807) is 0 Å². The van der Waals surface area contributed by atoms with E-state index in [1.807, 2.05) is 12.3 Å². The number of rotatable bonds is 6. The van der Waals surface area contributed by atoms with Crippen molar-refractivity contribution in [1.82, 2.24) is 19.1 Å². The van der Waals surface area contributed by atoms with Crippen LogP contribution in [0.4, 0.5) is 0 Å². The molecule has 0 amide bonds. The van der Waals surface area contributed by atoms with E-state index in [9.17, 15) is 0 Å². The van der Waals surface area contributed by atoms with Gasteiger partial charge < -0.3 is 13.6 Å². The molecule has 13 rings (SSSR count). The van der Waals surface area contributed by atoms with Gasteiger partial charge in [-0.2, -0.15) is 0 Å². The van der Waals surface area contributed by atoms with Gasteiger partial charge in [0.05, 0.1) is 34.0 Å². The van der Waals surface area contributed by atoms with Crippen molar-refractivity contribution >= 4 is 65.8 Å². The number of benzene rings is 9. The molecule has 0 fully saturated rings. The summed E-state index contributed by atoms with van der Waals surface area (Å²) in [5.74, 6) is 0. The summed E-state index contributed by atoms with van der Waals surface area (Å²) < 4.78 is 11.0. The monoisotopic (exact) mass is 804 g/mol. The molecule has 0 N–H and O–H groups in total. The number of fused-ring (bicyclic) bond motifs is 9. The smallest absolute Gasteiger partial charge is 0.246 e. The normalized spacial score (nSPS) is 11.8. The Bertz CT molecular complexity index is 3660. The molecule has 0 aliphatic carbocycles. The molecule has 63 heavy (non-hydrogen) atoms. The van der Waals surface area contributed by atoms with Crippen molar-refractivity contribution in [3.8, 4) is 56.0 Å². The van der Waals surface area contributed by atoms with Crippen LogP contribution in [-0.4, -0.2) is 19.1 Å². The van der Waals surface area contributed by atoms with Gasteiger partial charge in [0.15, 0.2) is 0 Å². The van der Waals surface area contributed by atoms with Gasteiger partial charge in [-0.25, -0.2) is 9.97 Å². The van der Waals surface area contributed by atoms with Crippen LogP contribution in [0.2, 0.25) is 0 Å². The zero-order valence-corrected chi connectivity index (χ0v) is 34.0. The van der Waals surface area contributed by atoms with E-state index in [2.05, 4.69) is 215 Å². The Morgan fingerprint density at radius 1 is 0.333 bits per heavy atom. The summed E-state index contributed by atoms with van der Waals surface area (Å²) in [7, 11) is 0. The van der Waals surface area contributed by atoms with E-state index in [-0.39, 0.29) is 0 Å². The van der Waals surface area contributed by atoms with Crippen molar-refractivity contribution in [3.63, 3.8) is 0 Å². The Labute approximate surface area is 362 Å². The molecule has 4 heterocycles. The number of aromatic nitrogens is 4. The molecule has 0 aliphatic heterocycles. The molecule has 4 aromatic heterocycles. The van der Waals surface area contributed by atoms with Crippen LogP contribution in [0.15, 0.2) is 223 Å². The topological polar surface area (TPSA) is 48.8 Å². The molecule has 5 heteroatoms. The summed E-state index contributed by atoms with van der Waals surface area (Å²) in [6.45, 7) is 0. The van der Waals surface area contributed by atoms with Crippen LogP contribution in [0, 0.1) is 0 Å². The lowest BCUT2D eigenvalue weighted by Crippen LogP contribution is -1.92. The molecular formula is C58H36N4O. The zero-order chi connectivity index (χ0) is 41.4.